The fourth-order valence-corrected chi connectivity index (χ4v) is 4.57. The number of nitrogens with two attached hydrogens (primary N) is 1. The van der Waals surface area contributed by atoms with Gasteiger partial charge in [-0.3, -0.25) is 4.79 Å². The molecule has 2 saturated heterocycles. The third-order valence-electron chi connectivity index (χ3n) is 4.11. The van der Waals surface area contributed by atoms with Gasteiger partial charge in [-0.2, -0.15) is 4.31 Å². The molecule has 2 fully saturated rings. The molecule has 0 spiro atoms. The normalized spacial score (nSPS) is 25.3. The number of amides is 1. The van der Waals surface area contributed by atoms with E-state index in [0.717, 1.165) is 13.1 Å². The van der Waals surface area contributed by atoms with Crippen molar-refractivity contribution in [2.45, 2.75) is 4.90 Å². The maximum atomic E-state index is 12.6. The van der Waals surface area contributed by atoms with Gasteiger partial charge < -0.3 is 11.1 Å². The second-order valence-corrected chi connectivity index (χ2v) is 7.33. The summed E-state index contributed by atoms with van der Waals surface area (Å²) in [6.07, 6.45) is 0. The smallest absolute Gasteiger partial charge is 0.248 e. The maximum Gasteiger partial charge on any atom is 0.248 e. The molecule has 8 heteroatoms. The molecule has 2 atom stereocenters. The first-order valence-corrected chi connectivity index (χ1v) is 8.03. The fraction of sp³-hybridized carbons (Fsp3) is 0.462. The first kappa shape index (κ1) is 16.2. The van der Waals surface area contributed by atoms with Gasteiger partial charge in [-0.05, 0) is 43.1 Å². The molecule has 1 amide bonds. The van der Waals surface area contributed by atoms with Crippen molar-refractivity contribution >= 4 is 28.3 Å². The largest absolute Gasteiger partial charge is 0.366 e. The number of nitrogens with zero attached hydrogens (tertiary/aromatic N) is 1. The van der Waals surface area contributed by atoms with Gasteiger partial charge in [0, 0.05) is 18.7 Å². The highest BCUT2D eigenvalue weighted by Gasteiger charge is 2.41. The molecule has 0 bridgehead atoms. The Labute approximate surface area is 130 Å². The summed E-state index contributed by atoms with van der Waals surface area (Å²) in [5.41, 5.74) is 5.41. The van der Waals surface area contributed by atoms with Gasteiger partial charge in [0.25, 0.3) is 0 Å². The minimum absolute atomic E-state index is 0. The zero-order valence-corrected chi connectivity index (χ0v) is 13.0. The van der Waals surface area contributed by atoms with Gasteiger partial charge in [0.2, 0.25) is 15.9 Å². The summed E-state index contributed by atoms with van der Waals surface area (Å²) < 4.78 is 26.7. The number of halogens is 1. The number of hydrogen-bond donors (Lipinski definition) is 2. The number of primary amides is 1. The van der Waals surface area contributed by atoms with E-state index in [4.69, 9.17) is 5.73 Å². The zero-order chi connectivity index (χ0) is 14.3. The zero-order valence-electron chi connectivity index (χ0n) is 11.4. The molecule has 2 aliphatic heterocycles. The Morgan fingerprint density at radius 2 is 1.86 bits per heavy atom. The van der Waals surface area contributed by atoms with Crippen molar-refractivity contribution < 1.29 is 13.2 Å². The number of benzene rings is 1. The van der Waals surface area contributed by atoms with E-state index in [2.05, 4.69) is 5.32 Å². The van der Waals surface area contributed by atoms with Gasteiger partial charge in [-0.25, -0.2) is 8.42 Å². The average molecular weight is 332 g/mol. The van der Waals surface area contributed by atoms with Crippen LogP contribution in [0.4, 0.5) is 0 Å². The Bertz CT molecular complexity index is 638. The Kier molecular flexibility index (Phi) is 4.57. The van der Waals surface area contributed by atoms with Gasteiger partial charge >= 0.3 is 0 Å². The van der Waals surface area contributed by atoms with Crippen LogP contribution in [0.15, 0.2) is 29.2 Å². The first-order chi connectivity index (χ1) is 9.48. The topological polar surface area (TPSA) is 92.5 Å². The van der Waals surface area contributed by atoms with Gasteiger partial charge in [0.05, 0.1) is 4.90 Å². The third kappa shape index (κ3) is 2.91. The Balaban J connectivity index is 0.00000161. The molecular formula is C13H18ClN3O3S. The lowest BCUT2D eigenvalue weighted by atomic mass is 10.0. The lowest BCUT2D eigenvalue weighted by Crippen LogP contribution is -2.32. The van der Waals surface area contributed by atoms with E-state index in [0.29, 0.717) is 24.9 Å². The fourth-order valence-electron chi connectivity index (χ4n) is 2.97. The highest BCUT2D eigenvalue weighted by atomic mass is 35.5. The summed E-state index contributed by atoms with van der Waals surface area (Å²) in [6.45, 7) is 2.83. The van der Waals surface area contributed by atoms with Crippen molar-refractivity contribution in [3.63, 3.8) is 0 Å². The molecule has 116 valence electrons. The minimum Gasteiger partial charge on any atom is -0.366 e. The van der Waals surface area contributed by atoms with Crippen LogP contribution in [0.2, 0.25) is 0 Å². The number of hydrogen-bond acceptors (Lipinski definition) is 4. The average Bonchev–Trinajstić information content (AvgIpc) is 2.99. The number of nitrogens with one attached hydrogen (secondary N) is 1. The molecule has 0 aromatic heterocycles. The summed E-state index contributed by atoms with van der Waals surface area (Å²) >= 11 is 0. The van der Waals surface area contributed by atoms with Crippen molar-refractivity contribution in [3.05, 3.63) is 29.8 Å². The van der Waals surface area contributed by atoms with E-state index in [1.54, 1.807) is 6.07 Å². The quantitative estimate of drug-likeness (QED) is 0.818. The van der Waals surface area contributed by atoms with Gasteiger partial charge in [-0.15, -0.1) is 12.4 Å². The molecule has 0 aliphatic carbocycles. The molecule has 21 heavy (non-hydrogen) atoms. The molecule has 0 radical (unpaired) electrons. The van der Waals surface area contributed by atoms with Crippen molar-refractivity contribution in [1.29, 1.82) is 0 Å². The highest BCUT2D eigenvalue weighted by Crippen LogP contribution is 2.30. The second kappa shape index (κ2) is 5.92. The van der Waals surface area contributed by atoms with Crippen LogP contribution in [-0.4, -0.2) is 44.8 Å². The van der Waals surface area contributed by atoms with Gasteiger partial charge in [-0.1, -0.05) is 6.07 Å². The third-order valence-corrected chi connectivity index (χ3v) is 5.94. The monoisotopic (exact) mass is 331 g/mol. The molecule has 1 aromatic rings. The maximum absolute atomic E-state index is 12.6. The Morgan fingerprint density at radius 1 is 1.24 bits per heavy atom. The number of carbonyl (C=O) groups excluding carboxylic acids is 1. The minimum atomic E-state index is -3.54. The number of rotatable bonds is 3. The second-order valence-electron chi connectivity index (χ2n) is 5.39. The number of fused-ring (bicyclic) bond motifs is 1. The molecule has 3 N–H and O–H groups in total. The van der Waals surface area contributed by atoms with Crippen LogP contribution >= 0.6 is 12.4 Å². The molecule has 2 aliphatic rings. The standard InChI is InChI=1S/C13H17N3O3S.ClH/c14-13(17)9-2-1-3-12(4-9)20(18,19)16-7-10-5-15-6-11(10)8-16;/h1-4,10-11,15H,5-8H2,(H2,14,17);1H/t10-,11+;. The SMILES string of the molecule is Cl.NC(=O)c1cccc(S(=O)(=O)N2C[C@H]3CNC[C@H]3C2)c1. The van der Waals surface area contributed by atoms with Crippen molar-refractivity contribution in [2.24, 2.45) is 17.6 Å². The van der Waals surface area contributed by atoms with Crippen LogP contribution in [0.3, 0.4) is 0 Å². The van der Waals surface area contributed by atoms with Crippen LogP contribution in [-0.2, 0) is 10.0 Å². The Morgan fingerprint density at radius 3 is 2.43 bits per heavy atom. The molecule has 1 aromatic carbocycles. The molecule has 3 rings (SSSR count). The van der Waals surface area contributed by atoms with Crippen molar-refractivity contribution in [2.75, 3.05) is 26.2 Å². The van der Waals surface area contributed by atoms with Crippen LogP contribution in [0, 0.1) is 11.8 Å². The van der Waals surface area contributed by atoms with Crippen LogP contribution in [0.25, 0.3) is 0 Å². The molecule has 0 unspecified atom stereocenters. The van der Waals surface area contributed by atoms with Gasteiger partial charge in [0.15, 0.2) is 0 Å². The molecule has 0 saturated carbocycles. The summed E-state index contributed by atoms with van der Waals surface area (Å²) in [7, 11) is -3.54. The molecule has 2 heterocycles. The van der Waals surface area contributed by atoms with E-state index in [1.165, 1.54) is 22.5 Å². The van der Waals surface area contributed by atoms with Crippen molar-refractivity contribution in [1.82, 2.24) is 9.62 Å². The van der Waals surface area contributed by atoms with Crippen LogP contribution < -0.4 is 11.1 Å². The predicted molar refractivity (Wildman–Crippen MR) is 80.8 cm³/mol. The van der Waals surface area contributed by atoms with Crippen LogP contribution in [0.5, 0.6) is 0 Å². The number of sulfonamides is 1. The lowest BCUT2D eigenvalue weighted by molar-refractivity contribution is 0.1000. The summed E-state index contributed by atoms with van der Waals surface area (Å²) in [5, 5.41) is 3.28. The molecular weight excluding hydrogens is 314 g/mol. The summed E-state index contributed by atoms with van der Waals surface area (Å²) in [4.78, 5) is 11.3. The van der Waals surface area contributed by atoms with Crippen LogP contribution in [0.1, 0.15) is 10.4 Å². The van der Waals surface area contributed by atoms with E-state index in [9.17, 15) is 13.2 Å². The summed E-state index contributed by atoms with van der Waals surface area (Å²) in [6, 6.07) is 5.92. The molecule has 6 nitrogen and oxygen atoms in total. The lowest BCUT2D eigenvalue weighted by Gasteiger charge is -2.17. The van der Waals surface area contributed by atoms with Crippen molar-refractivity contribution in [3.8, 4) is 0 Å². The van der Waals surface area contributed by atoms with E-state index in [-0.39, 0.29) is 22.9 Å². The van der Waals surface area contributed by atoms with E-state index >= 15 is 0 Å². The Hall–Kier alpha value is -1.15. The van der Waals surface area contributed by atoms with E-state index < -0.39 is 15.9 Å². The predicted octanol–water partition coefficient (Wildman–Crippen LogP) is 0.0472. The highest BCUT2D eigenvalue weighted by molar-refractivity contribution is 7.89. The van der Waals surface area contributed by atoms with Gasteiger partial charge in [0.1, 0.15) is 0 Å². The summed E-state index contributed by atoms with van der Waals surface area (Å²) in [5.74, 6) is 0.165. The van der Waals surface area contributed by atoms with E-state index in [1.807, 2.05) is 0 Å². The first-order valence-electron chi connectivity index (χ1n) is 6.59. The number of carbonyl (C=O) groups is 1.